The van der Waals surface area contributed by atoms with Crippen LogP contribution in [0.3, 0.4) is 0 Å². The quantitative estimate of drug-likeness (QED) is 0.602. The minimum Gasteiger partial charge on any atom is -0.469 e. The molecule has 0 aromatic rings. The first kappa shape index (κ1) is 11.1. The predicted molar refractivity (Wildman–Crippen MR) is 42.5 cm³/mol. The van der Waals surface area contributed by atoms with Gasteiger partial charge in [0.15, 0.2) is 0 Å². The molecule has 0 bridgehead atoms. The molecule has 0 radical (unpaired) electrons. The van der Waals surface area contributed by atoms with Crippen molar-refractivity contribution in [2.45, 2.75) is 19.8 Å². The Labute approximate surface area is 71.5 Å². The number of Topliss-reactive ketones (excluding diaryl/α,β-unsaturated/α-hetero) is 1. The SMILES string of the molecule is COC(=O)C(CCO)CC(C)=O. The summed E-state index contributed by atoms with van der Waals surface area (Å²) in [6, 6.07) is 0. The highest BCUT2D eigenvalue weighted by Crippen LogP contribution is 2.10. The standard InChI is InChI=1S/C8H14O4/c1-6(10)5-7(3-4-9)8(11)12-2/h7,9H,3-5H2,1-2H3. The summed E-state index contributed by atoms with van der Waals surface area (Å²) in [5, 5.41) is 8.57. The van der Waals surface area contributed by atoms with Crippen LogP contribution in [0.1, 0.15) is 19.8 Å². The van der Waals surface area contributed by atoms with Crippen LogP contribution in [0, 0.1) is 5.92 Å². The van der Waals surface area contributed by atoms with Gasteiger partial charge in [0.2, 0.25) is 0 Å². The van der Waals surface area contributed by atoms with Gasteiger partial charge in [0.05, 0.1) is 13.0 Å². The van der Waals surface area contributed by atoms with Crippen molar-refractivity contribution >= 4 is 11.8 Å². The minimum atomic E-state index is -0.488. The summed E-state index contributed by atoms with van der Waals surface area (Å²) in [4.78, 5) is 21.6. The highest BCUT2D eigenvalue weighted by molar-refractivity contribution is 5.82. The zero-order valence-electron chi connectivity index (χ0n) is 7.37. The van der Waals surface area contributed by atoms with Crippen molar-refractivity contribution in [1.82, 2.24) is 0 Å². The lowest BCUT2D eigenvalue weighted by atomic mass is 10.00. The summed E-state index contributed by atoms with van der Waals surface area (Å²) in [5.41, 5.74) is 0. The summed E-state index contributed by atoms with van der Waals surface area (Å²) in [5.74, 6) is -0.990. The molecule has 0 saturated heterocycles. The second-order valence-electron chi connectivity index (χ2n) is 2.64. The van der Waals surface area contributed by atoms with Gasteiger partial charge in [-0.05, 0) is 13.3 Å². The highest BCUT2D eigenvalue weighted by atomic mass is 16.5. The molecule has 1 unspecified atom stereocenters. The first-order chi connectivity index (χ1) is 5.61. The number of aliphatic hydroxyl groups excluding tert-OH is 1. The molecule has 0 aliphatic carbocycles. The molecule has 0 aromatic heterocycles. The molecule has 0 aromatic carbocycles. The van der Waals surface area contributed by atoms with E-state index in [-0.39, 0.29) is 25.2 Å². The Balaban J connectivity index is 4.02. The van der Waals surface area contributed by atoms with Crippen LogP contribution in [0.5, 0.6) is 0 Å². The minimum absolute atomic E-state index is 0.0705. The summed E-state index contributed by atoms with van der Waals surface area (Å²) < 4.78 is 4.46. The Morgan fingerprint density at radius 2 is 2.08 bits per heavy atom. The Morgan fingerprint density at radius 1 is 1.50 bits per heavy atom. The summed E-state index contributed by atoms with van der Waals surface area (Å²) in [6.07, 6.45) is 0.430. The van der Waals surface area contributed by atoms with E-state index < -0.39 is 11.9 Å². The molecule has 1 N–H and O–H groups in total. The number of ether oxygens (including phenoxy) is 1. The maximum atomic E-state index is 11.0. The maximum absolute atomic E-state index is 11.0. The number of rotatable bonds is 5. The van der Waals surface area contributed by atoms with Crippen LogP contribution < -0.4 is 0 Å². The number of carbonyl (C=O) groups excluding carboxylic acids is 2. The fourth-order valence-corrected chi connectivity index (χ4v) is 0.973. The number of esters is 1. The first-order valence-corrected chi connectivity index (χ1v) is 3.80. The van der Waals surface area contributed by atoms with E-state index in [1.54, 1.807) is 0 Å². The van der Waals surface area contributed by atoms with Crippen LogP contribution in [0.15, 0.2) is 0 Å². The number of ketones is 1. The molecule has 0 rings (SSSR count). The van der Waals surface area contributed by atoms with Crippen LogP contribution in [-0.2, 0) is 14.3 Å². The molecule has 70 valence electrons. The monoisotopic (exact) mass is 174 g/mol. The van der Waals surface area contributed by atoms with Crippen molar-refractivity contribution in [3.63, 3.8) is 0 Å². The molecule has 4 nitrogen and oxygen atoms in total. The van der Waals surface area contributed by atoms with Gasteiger partial charge in [-0.3, -0.25) is 4.79 Å². The number of hydrogen-bond acceptors (Lipinski definition) is 4. The lowest BCUT2D eigenvalue weighted by molar-refractivity contribution is -0.147. The van der Waals surface area contributed by atoms with E-state index in [0.717, 1.165) is 0 Å². The second-order valence-corrected chi connectivity index (χ2v) is 2.64. The normalized spacial score (nSPS) is 12.2. The largest absolute Gasteiger partial charge is 0.469 e. The van der Waals surface area contributed by atoms with Gasteiger partial charge in [-0.25, -0.2) is 0 Å². The van der Waals surface area contributed by atoms with Crippen molar-refractivity contribution in [3.05, 3.63) is 0 Å². The molecule has 0 amide bonds. The molecule has 1 atom stereocenters. The molecule has 0 fully saturated rings. The summed E-state index contributed by atoms with van der Waals surface area (Å²) in [7, 11) is 1.27. The Kier molecular flexibility index (Phi) is 5.28. The van der Waals surface area contributed by atoms with E-state index in [9.17, 15) is 9.59 Å². The third-order valence-corrected chi connectivity index (χ3v) is 1.55. The Bertz CT molecular complexity index is 164. The molecule has 12 heavy (non-hydrogen) atoms. The molecule has 0 heterocycles. The van der Waals surface area contributed by atoms with Crippen LogP contribution in [-0.4, -0.2) is 30.6 Å². The topological polar surface area (TPSA) is 63.6 Å². The van der Waals surface area contributed by atoms with Gasteiger partial charge >= 0.3 is 5.97 Å². The zero-order valence-corrected chi connectivity index (χ0v) is 7.37. The number of methoxy groups -OCH3 is 1. The smallest absolute Gasteiger partial charge is 0.309 e. The van der Waals surface area contributed by atoms with Gasteiger partial charge in [-0.15, -0.1) is 0 Å². The van der Waals surface area contributed by atoms with Crippen LogP contribution >= 0.6 is 0 Å². The lowest BCUT2D eigenvalue weighted by Crippen LogP contribution is -2.20. The summed E-state index contributed by atoms with van der Waals surface area (Å²) in [6.45, 7) is 1.31. The van der Waals surface area contributed by atoms with Crippen molar-refractivity contribution in [2.75, 3.05) is 13.7 Å². The Morgan fingerprint density at radius 3 is 2.42 bits per heavy atom. The third-order valence-electron chi connectivity index (χ3n) is 1.55. The van der Waals surface area contributed by atoms with Crippen LogP contribution in [0.4, 0.5) is 0 Å². The molecular formula is C8H14O4. The molecule has 0 spiro atoms. The molecular weight excluding hydrogens is 160 g/mol. The van der Waals surface area contributed by atoms with Gasteiger partial charge in [-0.2, -0.15) is 0 Å². The number of carbonyl (C=O) groups is 2. The summed E-state index contributed by atoms with van der Waals surface area (Å²) >= 11 is 0. The molecule has 0 aliphatic rings. The van der Waals surface area contributed by atoms with Gasteiger partial charge < -0.3 is 14.6 Å². The average molecular weight is 174 g/mol. The van der Waals surface area contributed by atoms with Crippen molar-refractivity contribution in [1.29, 1.82) is 0 Å². The Hall–Kier alpha value is -0.900. The zero-order chi connectivity index (χ0) is 9.56. The van der Waals surface area contributed by atoms with E-state index >= 15 is 0 Å². The first-order valence-electron chi connectivity index (χ1n) is 3.80. The van der Waals surface area contributed by atoms with Crippen molar-refractivity contribution in [3.8, 4) is 0 Å². The van der Waals surface area contributed by atoms with Crippen molar-refractivity contribution in [2.24, 2.45) is 5.92 Å². The molecule has 4 heteroatoms. The van der Waals surface area contributed by atoms with Gasteiger partial charge in [0.1, 0.15) is 5.78 Å². The fourth-order valence-electron chi connectivity index (χ4n) is 0.973. The van der Waals surface area contributed by atoms with Crippen LogP contribution in [0.25, 0.3) is 0 Å². The fraction of sp³-hybridized carbons (Fsp3) is 0.750. The average Bonchev–Trinajstić information content (AvgIpc) is 2.01. The van der Waals surface area contributed by atoms with E-state index in [2.05, 4.69) is 4.74 Å². The highest BCUT2D eigenvalue weighted by Gasteiger charge is 2.19. The predicted octanol–water partition coefficient (Wildman–Crippen LogP) is 0.137. The van der Waals surface area contributed by atoms with Crippen LogP contribution in [0.2, 0.25) is 0 Å². The second kappa shape index (κ2) is 5.71. The van der Waals surface area contributed by atoms with Gasteiger partial charge in [0.25, 0.3) is 0 Å². The van der Waals surface area contributed by atoms with E-state index in [1.165, 1.54) is 14.0 Å². The van der Waals surface area contributed by atoms with E-state index in [4.69, 9.17) is 5.11 Å². The maximum Gasteiger partial charge on any atom is 0.309 e. The number of aliphatic hydroxyl groups is 1. The molecule has 0 saturated carbocycles. The van der Waals surface area contributed by atoms with Gasteiger partial charge in [-0.1, -0.05) is 0 Å². The van der Waals surface area contributed by atoms with Crippen molar-refractivity contribution < 1.29 is 19.4 Å². The lowest BCUT2D eigenvalue weighted by Gasteiger charge is -2.10. The number of hydrogen-bond donors (Lipinski definition) is 1. The third kappa shape index (κ3) is 4.08. The van der Waals surface area contributed by atoms with Gasteiger partial charge in [0, 0.05) is 13.0 Å². The van der Waals surface area contributed by atoms with E-state index in [0.29, 0.717) is 0 Å². The van der Waals surface area contributed by atoms with E-state index in [1.807, 2.05) is 0 Å². The molecule has 0 aliphatic heterocycles.